The molecule has 254 valence electrons. The summed E-state index contributed by atoms with van der Waals surface area (Å²) in [7, 11) is 0. The number of amides is 2. The number of carbonyl (C=O) groups is 3. The predicted octanol–water partition coefficient (Wildman–Crippen LogP) is 7.71. The largest absolute Gasteiger partial charge is 0.433 e. The smallest absolute Gasteiger partial charge is 0.343 e. The van der Waals surface area contributed by atoms with Gasteiger partial charge in [0, 0.05) is 35.6 Å². The Morgan fingerprint density at radius 3 is 2.31 bits per heavy atom. The Morgan fingerprint density at radius 1 is 1.02 bits per heavy atom. The van der Waals surface area contributed by atoms with Crippen molar-refractivity contribution in [3.63, 3.8) is 0 Å². The summed E-state index contributed by atoms with van der Waals surface area (Å²) in [6, 6.07) is 7.91. The molecule has 3 aliphatic rings. The van der Waals surface area contributed by atoms with Crippen LogP contribution in [0.1, 0.15) is 76.2 Å². The standard InChI is InChI=1S/C22H23NO.C17H21F3N2O2/c1-2-16-7-5-6-10-20(16)21(24)23-22(13-14-22)19-12-11-17-8-3-4-9-18(17)15-19;1-5-12(4)15(17(18,19)20)22-11-13(6-2)9-8-10-21-16(24)14(23)7-3/h3-12,15,17-18H,2,13-14H2,1H3,(H,23,24);6,11H,5,7,10H2,1-4H3,(H,21,24)/b;13-6-,15-12?,22-11?. The van der Waals surface area contributed by atoms with Gasteiger partial charge in [-0.15, -0.1) is 0 Å². The number of aliphatic imine (C=N–C) groups is 1. The minimum atomic E-state index is -4.53. The van der Waals surface area contributed by atoms with Crippen molar-refractivity contribution in [2.45, 2.75) is 78.4 Å². The molecule has 0 heterocycles. The van der Waals surface area contributed by atoms with E-state index < -0.39 is 23.6 Å². The average Bonchev–Trinajstić information content (AvgIpc) is 3.88. The van der Waals surface area contributed by atoms with Gasteiger partial charge >= 0.3 is 6.18 Å². The Labute approximate surface area is 281 Å². The number of allylic oxidation sites excluding steroid dienone is 10. The van der Waals surface area contributed by atoms with Gasteiger partial charge in [-0.3, -0.25) is 19.4 Å². The van der Waals surface area contributed by atoms with Gasteiger partial charge in [0.15, 0.2) is 0 Å². The molecule has 1 fully saturated rings. The number of fused-ring (bicyclic) bond motifs is 1. The molecule has 1 aromatic rings. The van der Waals surface area contributed by atoms with E-state index in [9.17, 15) is 27.6 Å². The molecule has 0 aromatic heterocycles. The maximum absolute atomic E-state index is 12.9. The first-order chi connectivity index (χ1) is 22.9. The molecule has 0 aliphatic heterocycles. The highest BCUT2D eigenvalue weighted by Crippen LogP contribution is 2.46. The minimum Gasteiger partial charge on any atom is -0.343 e. The first-order valence-electron chi connectivity index (χ1n) is 16.3. The summed E-state index contributed by atoms with van der Waals surface area (Å²) >= 11 is 0. The van der Waals surface area contributed by atoms with Crippen molar-refractivity contribution in [1.82, 2.24) is 10.6 Å². The number of carbonyl (C=O) groups excluding carboxylic acids is 3. The van der Waals surface area contributed by atoms with Crippen molar-refractivity contribution < 1.29 is 27.6 Å². The van der Waals surface area contributed by atoms with Crippen molar-refractivity contribution in [1.29, 1.82) is 0 Å². The van der Waals surface area contributed by atoms with Crippen LogP contribution in [0.25, 0.3) is 0 Å². The zero-order chi connectivity index (χ0) is 35.3. The zero-order valence-electron chi connectivity index (χ0n) is 28.2. The van der Waals surface area contributed by atoms with E-state index in [1.54, 1.807) is 20.8 Å². The molecular formula is C39H44F3N3O3. The molecule has 2 unspecified atom stereocenters. The number of benzene rings is 1. The number of ketones is 1. The fourth-order valence-electron chi connectivity index (χ4n) is 5.18. The normalized spacial score (nSPS) is 19.5. The highest BCUT2D eigenvalue weighted by molar-refractivity contribution is 6.36. The molecule has 0 radical (unpaired) electrons. The summed E-state index contributed by atoms with van der Waals surface area (Å²) in [5.41, 5.74) is 2.50. The van der Waals surface area contributed by atoms with E-state index in [2.05, 4.69) is 76.9 Å². The molecule has 0 bridgehead atoms. The van der Waals surface area contributed by atoms with Crippen LogP contribution < -0.4 is 10.6 Å². The molecule has 3 aliphatic carbocycles. The lowest BCUT2D eigenvalue weighted by molar-refractivity contribution is -0.137. The van der Waals surface area contributed by atoms with Crippen molar-refractivity contribution >= 4 is 23.8 Å². The fraction of sp³-hybridized carbons (Fsp3) is 0.385. The molecule has 9 heteroatoms. The van der Waals surface area contributed by atoms with E-state index in [1.165, 1.54) is 18.6 Å². The molecule has 4 rings (SSSR count). The van der Waals surface area contributed by atoms with Crippen LogP contribution in [0.15, 0.2) is 100 Å². The SMILES string of the molecule is C/C=C(/C#CCNC(=O)C(=O)CC)C=NC(=C(C)CC)C(F)(F)F.CCc1ccccc1C(=O)NC1(C2=CC3C=CC=CC3C=C2)CC1. The predicted molar refractivity (Wildman–Crippen MR) is 185 cm³/mol. The second kappa shape index (κ2) is 17.4. The molecule has 2 N–H and O–H groups in total. The maximum atomic E-state index is 12.9. The Hall–Kier alpha value is -4.71. The van der Waals surface area contributed by atoms with Gasteiger partial charge in [0.05, 0.1) is 12.1 Å². The fourth-order valence-corrected chi connectivity index (χ4v) is 5.18. The van der Waals surface area contributed by atoms with Gasteiger partial charge in [0.25, 0.3) is 11.8 Å². The Bertz CT molecular complexity index is 1640. The number of nitrogens with zero attached hydrogens (tertiary/aromatic N) is 1. The number of hydrogen-bond donors (Lipinski definition) is 2. The van der Waals surface area contributed by atoms with E-state index >= 15 is 0 Å². The lowest BCUT2D eigenvalue weighted by Gasteiger charge is -2.28. The van der Waals surface area contributed by atoms with Crippen molar-refractivity contribution in [3.05, 3.63) is 106 Å². The summed E-state index contributed by atoms with van der Waals surface area (Å²) in [4.78, 5) is 38.6. The van der Waals surface area contributed by atoms with E-state index in [4.69, 9.17) is 0 Å². The number of aryl methyl sites for hydroxylation is 1. The third-order valence-electron chi connectivity index (χ3n) is 8.38. The van der Waals surface area contributed by atoms with E-state index in [0.717, 1.165) is 36.6 Å². The van der Waals surface area contributed by atoms with Crippen LogP contribution in [-0.2, 0) is 16.0 Å². The molecular weight excluding hydrogens is 615 g/mol. The van der Waals surface area contributed by atoms with E-state index in [1.807, 2.05) is 24.3 Å². The molecule has 0 saturated heterocycles. The number of Topliss-reactive ketones (excluding diaryl/α,β-unsaturated/α-hetero) is 1. The first kappa shape index (κ1) is 37.7. The minimum absolute atomic E-state index is 0.0560. The quantitative estimate of drug-likeness (QED) is 0.153. The van der Waals surface area contributed by atoms with Crippen LogP contribution in [0.3, 0.4) is 0 Å². The van der Waals surface area contributed by atoms with Crippen LogP contribution in [0.2, 0.25) is 0 Å². The summed E-state index contributed by atoms with van der Waals surface area (Å²) < 4.78 is 38.7. The monoisotopic (exact) mass is 659 g/mol. The Morgan fingerprint density at radius 2 is 1.71 bits per heavy atom. The van der Waals surface area contributed by atoms with Gasteiger partial charge < -0.3 is 10.6 Å². The number of halogens is 3. The molecule has 2 amide bonds. The topological polar surface area (TPSA) is 87.6 Å². The first-order valence-corrected chi connectivity index (χ1v) is 16.3. The van der Waals surface area contributed by atoms with Gasteiger partial charge in [-0.05, 0) is 62.3 Å². The summed E-state index contributed by atoms with van der Waals surface area (Å²) in [5.74, 6) is 4.81. The van der Waals surface area contributed by atoms with Gasteiger partial charge in [-0.25, -0.2) is 0 Å². The summed E-state index contributed by atoms with van der Waals surface area (Å²) in [6.07, 6.45) is 16.8. The van der Waals surface area contributed by atoms with Crippen molar-refractivity contribution in [3.8, 4) is 11.8 Å². The van der Waals surface area contributed by atoms with Crippen LogP contribution in [0, 0.1) is 23.7 Å². The second-order valence-electron chi connectivity index (χ2n) is 11.7. The molecule has 0 spiro atoms. The third-order valence-corrected chi connectivity index (χ3v) is 8.38. The molecule has 1 saturated carbocycles. The van der Waals surface area contributed by atoms with Crippen molar-refractivity contribution in [2.75, 3.05) is 6.54 Å². The van der Waals surface area contributed by atoms with E-state index in [-0.39, 0.29) is 42.0 Å². The van der Waals surface area contributed by atoms with Gasteiger partial charge in [-0.1, -0.05) is 99.4 Å². The number of nitrogens with one attached hydrogen (secondary N) is 2. The Balaban J connectivity index is 0.000000260. The highest BCUT2D eigenvalue weighted by atomic mass is 19.4. The van der Waals surface area contributed by atoms with Gasteiger partial charge in [0.1, 0.15) is 5.70 Å². The van der Waals surface area contributed by atoms with Gasteiger partial charge in [-0.2, -0.15) is 13.2 Å². The number of hydrogen-bond acceptors (Lipinski definition) is 4. The second-order valence-corrected chi connectivity index (χ2v) is 11.7. The van der Waals surface area contributed by atoms with Crippen LogP contribution >= 0.6 is 0 Å². The summed E-state index contributed by atoms with van der Waals surface area (Å²) in [5, 5.41) is 5.63. The Kier molecular flexibility index (Phi) is 13.7. The van der Waals surface area contributed by atoms with Gasteiger partial charge in [0.2, 0.25) is 5.78 Å². The lowest BCUT2D eigenvalue weighted by atomic mass is 9.81. The molecule has 6 nitrogen and oxygen atoms in total. The van der Waals surface area contributed by atoms with Crippen molar-refractivity contribution in [2.24, 2.45) is 16.8 Å². The highest BCUT2D eigenvalue weighted by Gasteiger charge is 2.47. The zero-order valence-corrected chi connectivity index (χ0v) is 28.2. The molecule has 48 heavy (non-hydrogen) atoms. The number of rotatable bonds is 10. The number of alkyl halides is 3. The maximum Gasteiger partial charge on any atom is 0.433 e. The third kappa shape index (κ3) is 10.4. The summed E-state index contributed by atoms with van der Waals surface area (Å²) in [6.45, 7) is 8.18. The van der Waals surface area contributed by atoms with Crippen LogP contribution in [0.5, 0.6) is 0 Å². The van der Waals surface area contributed by atoms with E-state index in [0.29, 0.717) is 11.8 Å². The van der Waals surface area contributed by atoms with Crippen LogP contribution in [-0.4, -0.2) is 42.1 Å². The lowest BCUT2D eigenvalue weighted by Crippen LogP contribution is -2.39. The molecule has 1 aromatic carbocycles. The molecule has 2 atom stereocenters. The average molecular weight is 660 g/mol. The van der Waals surface area contributed by atoms with Crippen LogP contribution in [0.4, 0.5) is 13.2 Å².